The third-order valence-corrected chi connectivity index (χ3v) is 5.45. The summed E-state index contributed by atoms with van der Waals surface area (Å²) in [4.78, 5) is 40.1. The first-order chi connectivity index (χ1) is 11.8. The maximum Gasteiger partial charge on any atom is 0.325 e. The first-order valence-electron chi connectivity index (χ1n) is 9.44. The fourth-order valence-corrected chi connectivity index (χ4v) is 4.08. The molecule has 7 nitrogen and oxygen atoms in total. The van der Waals surface area contributed by atoms with Crippen LogP contribution in [-0.4, -0.2) is 65.9 Å². The highest BCUT2D eigenvalue weighted by molar-refractivity contribution is 6.08. The number of piperidine rings is 1. The van der Waals surface area contributed by atoms with Gasteiger partial charge in [-0.15, -0.1) is 0 Å². The molecule has 7 heteroatoms. The minimum atomic E-state index is -0.850. The lowest BCUT2D eigenvalue weighted by Gasteiger charge is -2.34. The summed E-state index contributed by atoms with van der Waals surface area (Å²) in [5.74, 6) is 0.782. The lowest BCUT2D eigenvalue weighted by atomic mass is 9.92. The van der Waals surface area contributed by atoms with E-state index in [9.17, 15) is 14.4 Å². The monoisotopic (exact) mass is 352 g/mol. The fraction of sp³-hybridized carbons (Fsp3) is 0.833. The number of urea groups is 1. The molecule has 0 radical (unpaired) electrons. The predicted octanol–water partition coefficient (Wildman–Crippen LogP) is 1.19. The second-order valence-corrected chi connectivity index (χ2v) is 7.67. The molecule has 0 aromatic heterocycles. The van der Waals surface area contributed by atoms with E-state index in [0.717, 1.165) is 24.5 Å². The first kappa shape index (κ1) is 19.7. The third-order valence-electron chi connectivity index (χ3n) is 5.45. The van der Waals surface area contributed by atoms with Crippen molar-refractivity contribution in [1.29, 1.82) is 0 Å². The van der Waals surface area contributed by atoms with Gasteiger partial charge in [-0.2, -0.15) is 0 Å². The highest BCUT2D eigenvalue weighted by Crippen LogP contribution is 2.24. The summed E-state index contributed by atoms with van der Waals surface area (Å²) < 4.78 is 0. The van der Waals surface area contributed by atoms with Crippen molar-refractivity contribution in [3.8, 4) is 0 Å². The van der Waals surface area contributed by atoms with Gasteiger partial charge in [0.2, 0.25) is 5.91 Å². The molecule has 0 aliphatic carbocycles. The number of carbonyl (C=O) groups excluding carboxylic acids is 3. The Morgan fingerprint density at radius 3 is 2.32 bits per heavy atom. The predicted molar refractivity (Wildman–Crippen MR) is 96.0 cm³/mol. The molecule has 2 aliphatic heterocycles. The molecule has 2 aliphatic rings. The number of hydrogen-bond acceptors (Lipinski definition) is 4. The van der Waals surface area contributed by atoms with Crippen LogP contribution in [0.5, 0.6) is 0 Å². The molecule has 2 saturated heterocycles. The van der Waals surface area contributed by atoms with Crippen molar-refractivity contribution in [3.63, 3.8) is 0 Å². The largest absolute Gasteiger partial charge is 0.353 e. The van der Waals surface area contributed by atoms with Crippen molar-refractivity contribution in [2.75, 3.05) is 32.7 Å². The Morgan fingerprint density at radius 1 is 1.20 bits per heavy atom. The molecule has 2 unspecified atom stereocenters. The minimum Gasteiger partial charge on any atom is -0.353 e. The summed E-state index contributed by atoms with van der Waals surface area (Å²) in [6, 6.07) is -0.470. The van der Waals surface area contributed by atoms with Crippen LogP contribution in [-0.2, 0) is 9.59 Å². The van der Waals surface area contributed by atoms with E-state index < -0.39 is 11.6 Å². The van der Waals surface area contributed by atoms with Crippen LogP contribution in [0.3, 0.4) is 0 Å². The van der Waals surface area contributed by atoms with E-state index in [2.05, 4.69) is 29.4 Å². The molecule has 0 aromatic carbocycles. The molecule has 25 heavy (non-hydrogen) atoms. The Morgan fingerprint density at radius 2 is 1.80 bits per heavy atom. The van der Waals surface area contributed by atoms with Gasteiger partial charge in [0.15, 0.2) is 0 Å². The van der Waals surface area contributed by atoms with Gasteiger partial charge in [0.25, 0.3) is 5.91 Å². The number of likely N-dealkylation sites (tertiary alicyclic amines) is 1. The van der Waals surface area contributed by atoms with Crippen LogP contribution in [0.2, 0.25) is 0 Å². The van der Waals surface area contributed by atoms with Crippen molar-refractivity contribution >= 4 is 17.8 Å². The standard InChI is InChI=1S/C18H32N4O3/c1-5-18(6-2)16(24)22(17(25)20-18)12-15(23)19-7-8-21-10-13(3)9-14(4)11-21/h13-14H,5-12H2,1-4H3,(H,19,23)(H,20,25). The topological polar surface area (TPSA) is 81.8 Å². The van der Waals surface area contributed by atoms with E-state index in [4.69, 9.17) is 0 Å². The van der Waals surface area contributed by atoms with Gasteiger partial charge < -0.3 is 15.5 Å². The second-order valence-electron chi connectivity index (χ2n) is 7.67. The minimum absolute atomic E-state index is 0.209. The van der Waals surface area contributed by atoms with E-state index in [0.29, 0.717) is 31.2 Å². The molecule has 0 bridgehead atoms. The second kappa shape index (κ2) is 8.17. The number of nitrogens with zero attached hydrogens (tertiary/aromatic N) is 2. The summed E-state index contributed by atoms with van der Waals surface area (Å²) in [5.41, 5.74) is -0.850. The maximum absolute atomic E-state index is 12.5. The van der Waals surface area contributed by atoms with Crippen LogP contribution in [0.25, 0.3) is 0 Å². The fourth-order valence-electron chi connectivity index (χ4n) is 4.08. The number of amides is 4. The lowest BCUT2D eigenvalue weighted by Crippen LogP contribution is -2.47. The van der Waals surface area contributed by atoms with Gasteiger partial charge in [0, 0.05) is 26.2 Å². The highest BCUT2D eigenvalue weighted by atomic mass is 16.2. The zero-order valence-electron chi connectivity index (χ0n) is 15.9. The van der Waals surface area contributed by atoms with E-state index >= 15 is 0 Å². The zero-order chi connectivity index (χ0) is 18.6. The van der Waals surface area contributed by atoms with E-state index in [1.165, 1.54) is 6.42 Å². The molecule has 0 saturated carbocycles. The van der Waals surface area contributed by atoms with Crippen LogP contribution in [0.1, 0.15) is 47.0 Å². The Balaban J connectivity index is 1.79. The Bertz CT molecular complexity index is 508. The van der Waals surface area contributed by atoms with Crippen molar-refractivity contribution < 1.29 is 14.4 Å². The van der Waals surface area contributed by atoms with E-state index in [1.807, 2.05) is 13.8 Å². The van der Waals surface area contributed by atoms with Gasteiger partial charge in [-0.25, -0.2) is 4.79 Å². The Kier molecular flexibility index (Phi) is 6.43. The van der Waals surface area contributed by atoms with Crippen LogP contribution in [0.4, 0.5) is 4.79 Å². The third kappa shape index (κ3) is 4.51. The Hall–Kier alpha value is -1.63. The molecule has 2 atom stereocenters. The summed E-state index contributed by atoms with van der Waals surface area (Å²) in [6.07, 6.45) is 2.31. The normalized spacial score (nSPS) is 26.6. The average molecular weight is 352 g/mol. The molecule has 0 aromatic rings. The molecule has 4 amide bonds. The maximum atomic E-state index is 12.5. The lowest BCUT2D eigenvalue weighted by molar-refractivity contribution is -0.135. The number of carbonyl (C=O) groups is 3. The first-order valence-corrected chi connectivity index (χ1v) is 9.44. The van der Waals surface area contributed by atoms with Gasteiger partial charge in [0.1, 0.15) is 12.1 Å². The van der Waals surface area contributed by atoms with Gasteiger partial charge >= 0.3 is 6.03 Å². The average Bonchev–Trinajstić information content (AvgIpc) is 2.78. The summed E-state index contributed by atoms with van der Waals surface area (Å²) >= 11 is 0. The highest BCUT2D eigenvalue weighted by Gasteiger charge is 2.49. The van der Waals surface area contributed by atoms with Crippen molar-refractivity contribution in [2.24, 2.45) is 11.8 Å². The molecular weight excluding hydrogens is 320 g/mol. The molecule has 2 heterocycles. The van der Waals surface area contributed by atoms with Crippen molar-refractivity contribution in [1.82, 2.24) is 20.4 Å². The van der Waals surface area contributed by atoms with Crippen LogP contribution in [0.15, 0.2) is 0 Å². The van der Waals surface area contributed by atoms with Gasteiger partial charge in [-0.3, -0.25) is 14.5 Å². The number of hydrogen-bond donors (Lipinski definition) is 2. The van der Waals surface area contributed by atoms with E-state index in [1.54, 1.807) is 0 Å². The van der Waals surface area contributed by atoms with Crippen LogP contribution < -0.4 is 10.6 Å². The molecule has 2 fully saturated rings. The molecule has 2 rings (SSSR count). The van der Waals surface area contributed by atoms with Gasteiger partial charge in [0.05, 0.1) is 0 Å². The van der Waals surface area contributed by atoms with Gasteiger partial charge in [-0.1, -0.05) is 27.7 Å². The number of imide groups is 1. The summed E-state index contributed by atoms with van der Waals surface area (Å²) in [7, 11) is 0. The van der Waals surface area contributed by atoms with Crippen LogP contribution >= 0.6 is 0 Å². The van der Waals surface area contributed by atoms with Gasteiger partial charge in [-0.05, 0) is 31.1 Å². The molecular formula is C18H32N4O3. The molecule has 2 N–H and O–H groups in total. The smallest absolute Gasteiger partial charge is 0.325 e. The number of rotatable bonds is 7. The number of nitrogens with one attached hydrogen (secondary N) is 2. The SMILES string of the molecule is CCC1(CC)NC(=O)N(CC(=O)NCCN2CC(C)CC(C)C2)C1=O. The summed E-state index contributed by atoms with van der Waals surface area (Å²) in [5, 5.41) is 5.58. The Labute approximate surface area is 150 Å². The van der Waals surface area contributed by atoms with E-state index in [-0.39, 0.29) is 18.4 Å². The zero-order valence-corrected chi connectivity index (χ0v) is 15.9. The van der Waals surface area contributed by atoms with Crippen LogP contribution in [0, 0.1) is 11.8 Å². The molecule has 142 valence electrons. The molecule has 0 spiro atoms. The quantitative estimate of drug-likeness (QED) is 0.675. The summed E-state index contributed by atoms with van der Waals surface area (Å²) in [6.45, 7) is 11.5. The van der Waals surface area contributed by atoms with Crippen molar-refractivity contribution in [2.45, 2.75) is 52.5 Å². The van der Waals surface area contributed by atoms with Crippen molar-refractivity contribution in [3.05, 3.63) is 0 Å².